The highest BCUT2D eigenvalue weighted by Crippen LogP contribution is 2.27. The molecule has 1 heterocycles. The fraction of sp³-hybridized carbons (Fsp3) is 0.435. The molecule has 3 atom stereocenters. The van der Waals surface area contributed by atoms with Gasteiger partial charge in [0.05, 0.1) is 0 Å². The molecule has 3 unspecified atom stereocenters. The Bertz CT molecular complexity index is 690. The fourth-order valence-electron chi connectivity index (χ4n) is 3.94. The number of piperidine rings is 1. The number of hydrogen-bond acceptors (Lipinski definition) is 2. The van der Waals surface area contributed by atoms with Crippen molar-refractivity contribution in [3.63, 3.8) is 0 Å². The summed E-state index contributed by atoms with van der Waals surface area (Å²) in [5.41, 5.74) is 8.61. The summed E-state index contributed by atoms with van der Waals surface area (Å²) in [6, 6.07) is 21.0. The highest BCUT2D eigenvalue weighted by molar-refractivity contribution is 5.85. The molecule has 2 N–H and O–H groups in total. The molecule has 1 amide bonds. The van der Waals surface area contributed by atoms with E-state index in [-0.39, 0.29) is 30.3 Å². The van der Waals surface area contributed by atoms with Gasteiger partial charge in [-0.1, -0.05) is 60.7 Å². The molecule has 1 aliphatic rings. The van der Waals surface area contributed by atoms with E-state index >= 15 is 0 Å². The molecule has 1 aliphatic heterocycles. The topological polar surface area (TPSA) is 46.3 Å². The van der Waals surface area contributed by atoms with Crippen LogP contribution in [0.5, 0.6) is 0 Å². The van der Waals surface area contributed by atoms with Gasteiger partial charge in [-0.3, -0.25) is 4.79 Å². The molecule has 0 aliphatic carbocycles. The van der Waals surface area contributed by atoms with E-state index in [0.717, 1.165) is 32.4 Å². The highest BCUT2D eigenvalue weighted by atomic mass is 35.5. The van der Waals surface area contributed by atoms with Crippen molar-refractivity contribution >= 4 is 18.3 Å². The smallest absolute Gasteiger partial charge is 0.223 e. The van der Waals surface area contributed by atoms with Crippen LogP contribution in [0.4, 0.5) is 0 Å². The van der Waals surface area contributed by atoms with E-state index in [0.29, 0.717) is 12.3 Å². The van der Waals surface area contributed by atoms with E-state index in [2.05, 4.69) is 55.5 Å². The number of amides is 1. The molecule has 3 nitrogen and oxygen atoms in total. The van der Waals surface area contributed by atoms with Gasteiger partial charge in [0, 0.05) is 25.6 Å². The lowest BCUT2D eigenvalue weighted by Crippen LogP contribution is -2.45. The van der Waals surface area contributed by atoms with Crippen LogP contribution in [-0.4, -0.2) is 29.9 Å². The number of carbonyl (C=O) groups is 1. The minimum absolute atomic E-state index is 0. The first-order valence-electron chi connectivity index (χ1n) is 9.75. The SMILES string of the molecule is CC(N)C1CCCN(C(=O)CC(Cc2ccccc2)c2ccccc2)C1.Cl. The summed E-state index contributed by atoms with van der Waals surface area (Å²) in [4.78, 5) is 15.1. The Kier molecular flexibility index (Phi) is 8.33. The molecule has 2 aromatic rings. The lowest BCUT2D eigenvalue weighted by molar-refractivity contribution is -0.133. The number of benzene rings is 2. The quantitative estimate of drug-likeness (QED) is 0.799. The monoisotopic (exact) mass is 386 g/mol. The van der Waals surface area contributed by atoms with E-state index in [9.17, 15) is 4.79 Å². The van der Waals surface area contributed by atoms with Crippen molar-refractivity contribution in [2.45, 2.75) is 44.6 Å². The zero-order valence-corrected chi connectivity index (χ0v) is 16.9. The molecule has 4 heteroatoms. The summed E-state index contributed by atoms with van der Waals surface area (Å²) in [5.74, 6) is 0.902. The predicted molar refractivity (Wildman–Crippen MR) is 114 cm³/mol. The number of nitrogens with zero attached hydrogens (tertiary/aromatic N) is 1. The third-order valence-corrected chi connectivity index (χ3v) is 5.57. The third kappa shape index (κ3) is 6.08. The number of halogens is 1. The van der Waals surface area contributed by atoms with Gasteiger partial charge in [-0.2, -0.15) is 0 Å². The first-order chi connectivity index (χ1) is 12.6. The lowest BCUT2D eigenvalue weighted by atomic mass is 9.87. The number of rotatable bonds is 6. The normalized spacial score (nSPS) is 19.0. The number of likely N-dealkylation sites (tertiary alicyclic amines) is 1. The summed E-state index contributed by atoms with van der Waals surface area (Å²) in [7, 11) is 0. The average molecular weight is 387 g/mol. The number of nitrogens with two attached hydrogens (primary N) is 1. The minimum atomic E-state index is 0. The molecule has 2 aromatic carbocycles. The van der Waals surface area contributed by atoms with Gasteiger partial charge in [-0.15, -0.1) is 12.4 Å². The molecule has 0 spiro atoms. The Balaban J connectivity index is 0.00000261. The molecule has 1 fully saturated rings. The van der Waals surface area contributed by atoms with E-state index in [1.807, 2.05) is 17.0 Å². The van der Waals surface area contributed by atoms with Crippen LogP contribution in [0.2, 0.25) is 0 Å². The van der Waals surface area contributed by atoms with Gasteiger partial charge in [-0.05, 0) is 49.1 Å². The van der Waals surface area contributed by atoms with Crippen LogP contribution in [0, 0.1) is 5.92 Å². The van der Waals surface area contributed by atoms with Gasteiger partial charge in [-0.25, -0.2) is 0 Å². The van der Waals surface area contributed by atoms with E-state index in [4.69, 9.17) is 5.73 Å². The largest absolute Gasteiger partial charge is 0.342 e. The first-order valence-corrected chi connectivity index (χ1v) is 9.75. The van der Waals surface area contributed by atoms with Crippen molar-refractivity contribution in [2.75, 3.05) is 13.1 Å². The van der Waals surface area contributed by atoms with Crippen molar-refractivity contribution < 1.29 is 4.79 Å². The van der Waals surface area contributed by atoms with Crippen molar-refractivity contribution in [3.05, 3.63) is 71.8 Å². The van der Waals surface area contributed by atoms with Crippen molar-refractivity contribution in [3.8, 4) is 0 Å². The van der Waals surface area contributed by atoms with Crippen molar-refractivity contribution in [1.82, 2.24) is 4.90 Å². The van der Waals surface area contributed by atoms with Crippen LogP contribution in [0.3, 0.4) is 0 Å². The van der Waals surface area contributed by atoms with Gasteiger partial charge < -0.3 is 10.6 Å². The van der Waals surface area contributed by atoms with Crippen LogP contribution < -0.4 is 5.73 Å². The van der Waals surface area contributed by atoms with Gasteiger partial charge in [0.15, 0.2) is 0 Å². The molecule has 0 aromatic heterocycles. The maximum atomic E-state index is 13.0. The van der Waals surface area contributed by atoms with Crippen LogP contribution in [0.25, 0.3) is 0 Å². The molecule has 27 heavy (non-hydrogen) atoms. The Morgan fingerprint density at radius 2 is 1.74 bits per heavy atom. The summed E-state index contributed by atoms with van der Waals surface area (Å²) >= 11 is 0. The zero-order valence-electron chi connectivity index (χ0n) is 16.1. The summed E-state index contributed by atoms with van der Waals surface area (Å²) < 4.78 is 0. The summed E-state index contributed by atoms with van der Waals surface area (Å²) in [6.45, 7) is 3.74. The van der Waals surface area contributed by atoms with Crippen molar-refractivity contribution in [2.24, 2.45) is 11.7 Å². The van der Waals surface area contributed by atoms with E-state index < -0.39 is 0 Å². The zero-order chi connectivity index (χ0) is 18.4. The van der Waals surface area contributed by atoms with Crippen LogP contribution in [0.1, 0.15) is 43.2 Å². The molecule has 146 valence electrons. The van der Waals surface area contributed by atoms with Gasteiger partial charge in [0.1, 0.15) is 0 Å². The third-order valence-electron chi connectivity index (χ3n) is 5.57. The Labute approximate surface area is 169 Å². The second-order valence-electron chi connectivity index (χ2n) is 7.60. The van der Waals surface area contributed by atoms with E-state index in [1.165, 1.54) is 11.1 Å². The highest BCUT2D eigenvalue weighted by Gasteiger charge is 2.27. The van der Waals surface area contributed by atoms with Crippen LogP contribution in [-0.2, 0) is 11.2 Å². The Hall–Kier alpha value is -1.84. The Morgan fingerprint density at radius 3 is 2.37 bits per heavy atom. The molecular formula is C23H31ClN2O. The molecule has 0 saturated carbocycles. The Morgan fingerprint density at radius 1 is 1.11 bits per heavy atom. The molecule has 0 bridgehead atoms. The molecule has 3 rings (SSSR count). The van der Waals surface area contributed by atoms with Crippen molar-refractivity contribution in [1.29, 1.82) is 0 Å². The van der Waals surface area contributed by atoms with Gasteiger partial charge in [0.25, 0.3) is 0 Å². The second-order valence-corrected chi connectivity index (χ2v) is 7.60. The van der Waals surface area contributed by atoms with Crippen LogP contribution in [0.15, 0.2) is 60.7 Å². The van der Waals surface area contributed by atoms with E-state index in [1.54, 1.807) is 0 Å². The molecule has 0 radical (unpaired) electrons. The molecular weight excluding hydrogens is 356 g/mol. The summed E-state index contributed by atoms with van der Waals surface area (Å²) in [5, 5.41) is 0. The summed E-state index contributed by atoms with van der Waals surface area (Å²) in [6.07, 6.45) is 3.64. The molecule has 1 saturated heterocycles. The second kappa shape index (κ2) is 10.5. The lowest BCUT2D eigenvalue weighted by Gasteiger charge is -2.35. The van der Waals surface area contributed by atoms with Crippen LogP contribution >= 0.6 is 12.4 Å². The average Bonchev–Trinajstić information content (AvgIpc) is 2.69. The standard InChI is InChI=1S/C23H30N2O.ClH/c1-18(24)21-13-8-14-25(17-21)23(26)16-22(20-11-6-3-7-12-20)15-19-9-4-2-5-10-19;/h2-7,9-12,18,21-22H,8,13-17,24H2,1H3;1H. The maximum absolute atomic E-state index is 13.0. The minimum Gasteiger partial charge on any atom is -0.342 e. The number of hydrogen-bond donors (Lipinski definition) is 1. The fourth-order valence-corrected chi connectivity index (χ4v) is 3.94. The predicted octanol–water partition coefficient (Wildman–Crippen LogP) is 4.41. The maximum Gasteiger partial charge on any atom is 0.223 e. The number of carbonyl (C=O) groups excluding carboxylic acids is 1. The van der Waals surface area contributed by atoms with Gasteiger partial charge in [0.2, 0.25) is 5.91 Å². The van der Waals surface area contributed by atoms with Gasteiger partial charge >= 0.3 is 0 Å². The first kappa shape index (κ1) is 21.5.